The van der Waals surface area contributed by atoms with Crippen molar-refractivity contribution in [2.24, 2.45) is 0 Å². The average Bonchev–Trinajstić information content (AvgIpc) is 2.85. The summed E-state index contributed by atoms with van der Waals surface area (Å²) in [5.41, 5.74) is -0.190. The van der Waals surface area contributed by atoms with Gasteiger partial charge in [-0.2, -0.15) is 0 Å². The summed E-state index contributed by atoms with van der Waals surface area (Å²) in [6.45, 7) is 0.0408. The molecule has 2 rings (SSSR count). The molecule has 0 aliphatic rings. The lowest BCUT2D eigenvalue weighted by Gasteiger charge is -2.05. The van der Waals surface area contributed by atoms with Gasteiger partial charge in [0.15, 0.2) is 5.75 Å². The van der Waals surface area contributed by atoms with Crippen LogP contribution in [0, 0.1) is 10.1 Å². The number of thiophene rings is 1. The van der Waals surface area contributed by atoms with Crippen LogP contribution in [0.25, 0.3) is 0 Å². The third kappa shape index (κ3) is 3.25. The number of aromatic carboxylic acids is 1. The predicted octanol–water partition coefficient (Wildman–Crippen LogP) is 3.59. The average molecular weight is 314 g/mol. The second-order valence-electron chi connectivity index (χ2n) is 3.73. The summed E-state index contributed by atoms with van der Waals surface area (Å²) in [6, 6.07) is 7.07. The molecule has 0 atom stereocenters. The fourth-order valence-electron chi connectivity index (χ4n) is 1.47. The summed E-state index contributed by atoms with van der Waals surface area (Å²) >= 11 is 6.82. The number of hydrogen-bond donors (Lipinski definition) is 1. The minimum absolute atomic E-state index is 0.0408. The van der Waals surface area contributed by atoms with Crippen molar-refractivity contribution < 1.29 is 19.6 Å². The maximum atomic E-state index is 10.8. The summed E-state index contributed by atoms with van der Waals surface area (Å²) in [5.74, 6) is -0.970. The molecule has 104 valence electrons. The minimum atomic E-state index is -1.02. The summed E-state index contributed by atoms with van der Waals surface area (Å²) in [7, 11) is 0. The predicted molar refractivity (Wildman–Crippen MR) is 73.7 cm³/mol. The fraction of sp³-hybridized carbons (Fsp3) is 0.0833. The lowest BCUT2D eigenvalue weighted by molar-refractivity contribution is -0.385. The molecule has 0 aliphatic heterocycles. The molecule has 6 nitrogen and oxygen atoms in total. The number of nitro groups is 1. The van der Waals surface area contributed by atoms with Crippen LogP contribution in [-0.4, -0.2) is 16.0 Å². The van der Waals surface area contributed by atoms with E-state index in [9.17, 15) is 14.9 Å². The molecule has 0 bridgehead atoms. The van der Waals surface area contributed by atoms with Gasteiger partial charge in [-0.05, 0) is 18.2 Å². The van der Waals surface area contributed by atoms with Gasteiger partial charge in [0.2, 0.25) is 0 Å². The Kier molecular flexibility index (Phi) is 4.21. The lowest BCUT2D eigenvalue weighted by Crippen LogP contribution is -1.97. The Bertz CT molecular complexity index is 670. The molecule has 0 aliphatic carbocycles. The highest BCUT2D eigenvalue weighted by atomic mass is 35.5. The number of rotatable bonds is 5. The summed E-state index contributed by atoms with van der Waals surface area (Å²) in [4.78, 5) is 21.9. The molecule has 1 aromatic heterocycles. The molecule has 1 N–H and O–H groups in total. The Balaban J connectivity index is 2.15. The number of carboxylic acid groups (broad SMARTS) is 1. The third-order valence-corrected chi connectivity index (χ3v) is 3.64. The first-order valence-corrected chi connectivity index (χ1v) is 6.55. The molecule has 0 saturated carbocycles. The highest BCUT2D eigenvalue weighted by Crippen LogP contribution is 2.31. The van der Waals surface area contributed by atoms with E-state index in [1.165, 1.54) is 24.3 Å². The van der Waals surface area contributed by atoms with Gasteiger partial charge in [-0.1, -0.05) is 11.6 Å². The van der Waals surface area contributed by atoms with Crippen LogP contribution < -0.4 is 4.74 Å². The van der Waals surface area contributed by atoms with Crippen molar-refractivity contribution in [3.8, 4) is 5.75 Å². The molecule has 0 fully saturated rings. The van der Waals surface area contributed by atoms with Crippen LogP contribution in [0.15, 0.2) is 30.3 Å². The van der Waals surface area contributed by atoms with Gasteiger partial charge in [-0.15, -0.1) is 11.3 Å². The highest BCUT2D eigenvalue weighted by Gasteiger charge is 2.16. The molecule has 0 amide bonds. The number of nitrogens with zero attached hydrogens (tertiary/aromatic N) is 1. The molecule has 0 saturated heterocycles. The van der Waals surface area contributed by atoms with E-state index >= 15 is 0 Å². The first-order chi connectivity index (χ1) is 9.47. The van der Waals surface area contributed by atoms with Crippen LogP contribution in [0.1, 0.15) is 14.5 Å². The second kappa shape index (κ2) is 5.89. The van der Waals surface area contributed by atoms with E-state index in [4.69, 9.17) is 21.4 Å². The number of carbonyl (C=O) groups is 1. The Morgan fingerprint density at radius 3 is 2.75 bits per heavy atom. The van der Waals surface area contributed by atoms with Gasteiger partial charge < -0.3 is 9.84 Å². The molecule has 2 aromatic rings. The smallest absolute Gasteiger partial charge is 0.345 e. The number of halogens is 1. The van der Waals surface area contributed by atoms with Crippen LogP contribution in [0.4, 0.5) is 5.69 Å². The van der Waals surface area contributed by atoms with Gasteiger partial charge in [0, 0.05) is 22.0 Å². The van der Waals surface area contributed by atoms with E-state index in [2.05, 4.69) is 0 Å². The monoisotopic (exact) mass is 313 g/mol. The zero-order valence-electron chi connectivity index (χ0n) is 9.91. The first kappa shape index (κ1) is 14.3. The summed E-state index contributed by atoms with van der Waals surface area (Å²) < 4.78 is 5.35. The van der Waals surface area contributed by atoms with Gasteiger partial charge in [0.1, 0.15) is 11.5 Å². The van der Waals surface area contributed by atoms with Crippen molar-refractivity contribution in [1.29, 1.82) is 0 Å². The van der Waals surface area contributed by atoms with E-state index in [0.29, 0.717) is 9.90 Å². The SMILES string of the molecule is O=C(O)c1ccc(COc2cc(Cl)ccc2[N+](=O)[O-])s1. The van der Waals surface area contributed by atoms with Crippen molar-refractivity contribution in [3.05, 3.63) is 55.2 Å². The maximum absolute atomic E-state index is 10.8. The van der Waals surface area contributed by atoms with Gasteiger partial charge >= 0.3 is 11.7 Å². The van der Waals surface area contributed by atoms with Crippen molar-refractivity contribution >= 4 is 34.6 Å². The van der Waals surface area contributed by atoms with E-state index in [1.807, 2.05) is 0 Å². The van der Waals surface area contributed by atoms with Crippen LogP contribution >= 0.6 is 22.9 Å². The van der Waals surface area contributed by atoms with E-state index in [-0.39, 0.29) is 22.9 Å². The molecule has 20 heavy (non-hydrogen) atoms. The van der Waals surface area contributed by atoms with Crippen LogP contribution in [0.3, 0.4) is 0 Å². The Morgan fingerprint density at radius 2 is 2.15 bits per heavy atom. The fourth-order valence-corrected chi connectivity index (χ4v) is 2.40. The second-order valence-corrected chi connectivity index (χ2v) is 5.33. The molecule has 0 radical (unpaired) electrons. The van der Waals surface area contributed by atoms with Crippen molar-refractivity contribution in [1.82, 2.24) is 0 Å². The van der Waals surface area contributed by atoms with E-state index in [0.717, 1.165) is 11.3 Å². The van der Waals surface area contributed by atoms with Crippen LogP contribution in [-0.2, 0) is 6.61 Å². The molecular weight excluding hydrogens is 306 g/mol. The Labute approximate surface area is 122 Å². The van der Waals surface area contributed by atoms with Gasteiger partial charge in [0.25, 0.3) is 0 Å². The standard InChI is InChI=1S/C12H8ClNO5S/c13-7-1-3-9(14(17)18)10(5-7)19-6-8-2-4-11(20-8)12(15)16/h1-5H,6H2,(H,15,16). The molecule has 8 heteroatoms. The summed E-state index contributed by atoms with van der Waals surface area (Å²) in [6.07, 6.45) is 0. The first-order valence-electron chi connectivity index (χ1n) is 5.36. The Morgan fingerprint density at radius 1 is 1.40 bits per heavy atom. The van der Waals surface area contributed by atoms with Crippen molar-refractivity contribution in [2.45, 2.75) is 6.61 Å². The van der Waals surface area contributed by atoms with Crippen molar-refractivity contribution in [3.63, 3.8) is 0 Å². The number of hydrogen-bond acceptors (Lipinski definition) is 5. The molecule has 0 unspecified atom stereocenters. The largest absolute Gasteiger partial charge is 0.481 e. The van der Waals surface area contributed by atoms with Gasteiger partial charge in [-0.3, -0.25) is 10.1 Å². The Hall–Kier alpha value is -2.12. The summed E-state index contributed by atoms with van der Waals surface area (Å²) in [5, 5.41) is 20.0. The molecule has 1 aromatic carbocycles. The van der Waals surface area contributed by atoms with Gasteiger partial charge in [0.05, 0.1) is 4.92 Å². The van der Waals surface area contributed by atoms with Crippen LogP contribution in [0.5, 0.6) is 5.75 Å². The third-order valence-electron chi connectivity index (χ3n) is 2.36. The lowest BCUT2D eigenvalue weighted by atomic mass is 10.3. The van der Waals surface area contributed by atoms with Crippen LogP contribution in [0.2, 0.25) is 5.02 Å². The molecular formula is C12H8ClNO5S. The van der Waals surface area contributed by atoms with E-state index < -0.39 is 10.9 Å². The van der Waals surface area contributed by atoms with Gasteiger partial charge in [-0.25, -0.2) is 4.79 Å². The molecule has 1 heterocycles. The number of nitro benzene ring substituents is 1. The number of benzene rings is 1. The number of carboxylic acids is 1. The zero-order valence-corrected chi connectivity index (χ0v) is 11.5. The quantitative estimate of drug-likeness (QED) is 0.673. The van der Waals surface area contributed by atoms with E-state index in [1.54, 1.807) is 6.07 Å². The minimum Gasteiger partial charge on any atom is -0.481 e. The number of ether oxygens (including phenoxy) is 1. The highest BCUT2D eigenvalue weighted by molar-refractivity contribution is 7.13. The zero-order chi connectivity index (χ0) is 14.7. The van der Waals surface area contributed by atoms with Crippen molar-refractivity contribution in [2.75, 3.05) is 0 Å². The maximum Gasteiger partial charge on any atom is 0.345 e. The molecule has 0 spiro atoms. The normalized spacial score (nSPS) is 10.2. The topological polar surface area (TPSA) is 89.7 Å².